The molecule has 0 saturated carbocycles. The van der Waals surface area contributed by atoms with Gasteiger partial charge in [0.15, 0.2) is 5.82 Å². The fourth-order valence-corrected chi connectivity index (χ4v) is 3.35. The van der Waals surface area contributed by atoms with Crippen LogP contribution in [-0.2, 0) is 10.0 Å². The molecule has 0 amide bonds. The van der Waals surface area contributed by atoms with E-state index in [-0.39, 0.29) is 22.5 Å². The summed E-state index contributed by atoms with van der Waals surface area (Å²) < 4.78 is 31.8. The normalized spacial score (nSPS) is 10.8. The van der Waals surface area contributed by atoms with E-state index in [2.05, 4.69) is 31.4 Å². The second kappa shape index (κ2) is 9.51. The van der Waals surface area contributed by atoms with Crippen molar-refractivity contribution in [2.45, 2.75) is 6.92 Å². The van der Waals surface area contributed by atoms with Crippen molar-refractivity contribution in [3.63, 3.8) is 0 Å². The molecule has 0 saturated heterocycles. The SMILES string of the molecule is CCS(=O)(=O)Nc1ccccc1Nc1nc(Nc2cc(C#N)ccc2OC)ncc1Cl. The Morgan fingerprint density at radius 1 is 1.13 bits per heavy atom. The van der Waals surface area contributed by atoms with E-state index in [1.165, 1.54) is 13.3 Å². The van der Waals surface area contributed by atoms with Crippen molar-refractivity contribution in [2.24, 2.45) is 0 Å². The van der Waals surface area contributed by atoms with Gasteiger partial charge in [-0.3, -0.25) is 4.72 Å². The third kappa shape index (κ3) is 5.53. The van der Waals surface area contributed by atoms with E-state index in [1.54, 1.807) is 49.4 Å². The summed E-state index contributed by atoms with van der Waals surface area (Å²) >= 11 is 6.25. The highest BCUT2D eigenvalue weighted by atomic mass is 35.5. The molecule has 0 fully saturated rings. The highest BCUT2D eigenvalue weighted by Crippen LogP contribution is 2.31. The summed E-state index contributed by atoms with van der Waals surface area (Å²) in [5, 5.41) is 15.4. The molecule has 0 unspecified atom stereocenters. The molecule has 2 aromatic carbocycles. The van der Waals surface area contributed by atoms with Crippen LogP contribution in [0.4, 0.5) is 28.8 Å². The second-order valence-corrected chi connectivity index (χ2v) is 8.64. The highest BCUT2D eigenvalue weighted by molar-refractivity contribution is 7.92. The van der Waals surface area contributed by atoms with Crippen LogP contribution >= 0.6 is 11.6 Å². The molecule has 11 heteroatoms. The van der Waals surface area contributed by atoms with Crippen LogP contribution in [-0.4, -0.2) is 31.2 Å². The minimum atomic E-state index is -3.47. The number of sulfonamides is 1. The average molecular weight is 459 g/mol. The van der Waals surface area contributed by atoms with Gasteiger partial charge in [0.05, 0.1) is 47.8 Å². The topological polar surface area (TPSA) is 129 Å². The first kappa shape index (κ1) is 22.1. The molecule has 1 heterocycles. The van der Waals surface area contributed by atoms with Crippen LogP contribution < -0.4 is 20.1 Å². The smallest absolute Gasteiger partial charge is 0.232 e. The Labute approximate surface area is 185 Å². The average Bonchev–Trinajstić information content (AvgIpc) is 2.77. The van der Waals surface area contributed by atoms with E-state index in [0.717, 1.165) is 0 Å². The van der Waals surface area contributed by atoms with Crippen LogP contribution in [0.5, 0.6) is 5.75 Å². The van der Waals surface area contributed by atoms with Crippen molar-refractivity contribution < 1.29 is 13.2 Å². The lowest BCUT2D eigenvalue weighted by Crippen LogP contribution is -2.15. The van der Waals surface area contributed by atoms with E-state index >= 15 is 0 Å². The number of nitriles is 1. The number of benzene rings is 2. The number of rotatable bonds is 8. The second-order valence-electron chi connectivity index (χ2n) is 6.22. The first-order chi connectivity index (χ1) is 14.8. The zero-order chi connectivity index (χ0) is 22.4. The monoisotopic (exact) mass is 458 g/mol. The third-order valence-electron chi connectivity index (χ3n) is 4.14. The number of anilines is 5. The van der Waals surface area contributed by atoms with Crippen molar-refractivity contribution in [1.29, 1.82) is 5.26 Å². The number of methoxy groups -OCH3 is 1. The lowest BCUT2D eigenvalue weighted by atomic mass is 10.2. The first-order valence-corrected chi connectivity index (χ1v) is 11.1. The maximum Gasteiger partial charge on any atom is 0.232 e. The quantitative estimate of drug-likeness (QED) is 0.456. The Hall–Kier alpha value is -3.55. The number of hydrogen-bond acceptors (Lipinski definition) is 8. The van der Waals surface area contributed by atoms with Gasteiger partial charge in [0, 0.05) is 0 Å². The fourth-order valence-electron chi connectivity index (χ4n) is 2.56. The van der Waals surface area contributed by atoms with Crippen molar-refractivity contribution in [3.05, 3.63) is 59.2 Å². The van der Waals surface area contributed by atoms with Gasteiger partial charge in [0.25, 0.3) is 0 Å². The zero-order valence-electron chi connectivity index (χ0n) is 16.7. The van der Waals surface area contributed by atoms with E-state index < -0.39 is 10.0 Å². The molecule has 9 nitrogen and oxygen atoms in total. The van der Waals surface area contributed by atoms with Gasteiger partial charge in [-0.05, 0) is 37.3 Å². The molecule has 0 aliphatic heterocycles. The van der Waals surface area contributed by atoms with Gasteiger partial charge in [-0.2, -0.15) is 10.2 Å². The molecule has 1 aromatic heterocycles. The molecular weight excluding hydrogens is 440 g/mol. The van der Waals surface area contributed by atoms with E-state index in [1.807, 2.05) is 0 Å². The molecule has 160 valence electrons. The van der Waals surface area contributed by atoms with Gasteiger partial charge in [-0.15, -0.1) is 0 Å². The number of halogens is 1. The molecule has 0 aliphatic rings. The molecule has 31 heavy (non-hydrogen) atoms. The number of nitrogens with zero attached hydrogens (tertiary/aromatic N) is 3. The molecule has 0 bridgehead atoms. The summed E-state index contributed by atoms with van der Waals surface area (Å²) in [7, 11) is -1.96. The predicted molar refractivity (Wildman–Crippen MR) is 121 cm³/mol. The molecule has 0 atom stereocenters. The zero-order valence-corrected chi connectivity index (χ0v) is 18.3. The summed E-state index contributed by atoms with van der Waals surface area (Å²) in [6, 6.07) is 13.7. The molecule has 3 N–H and O–H groups in total. The predicted octanol–water partition coefficient (Wildman–Crippen LogP) is 4.26. The van der Waals surface area contributed by atoms with Crippen molar-refractivity contribution in [2.75, 3.05) is 28.2 Å². The van der Waals surface area contributed by atoms with Gasteiger partial charge >= 0.3 is 0 Å². The number of hydrogen-bond donors (Lipinski definition) is 3. The van der Waals surface area contributed by atoms with Crippen LogP contribution in [0, 0.1) is 11.3 Å². The Kier molecular flexibility index (Phi) is 6.79. The van der Waals surface area contributed by atoms with E-state index in [4.69, 9.17) is 21.6 Å². The van der Waals surface area contributed by atoms with Crippen LogP contribution in [0.3, 0.4) is 0 Å². The largest absolute Gasteiger partial charge is 0.495 e. The summed E-state index contributed by atoms with van der Waals surface area (Å²) in [6.07, 6.45) is 1.40. The lowest BCUT2D eigenvalue weighted by Gasteiger charge is -2.15. The minimum absolute atomic E-state index is 0.0622. The van der Waals surface area contributed by atoms with Gasteiger partial charge < -0.3 is 15.4 Å². The number of nitrogens with one attached hydrogen (secondary N) is 3. The molecule has 3 rings (SSSR count). The van der Waals surface area contributed by atoms with Crippen LogP contribution in [0.2, 0.25) is 5.02 Å². The Morgan fingerprint density at radius 2 is 1.87 bits per heavy atom. The van der Waals surface area contributed by atoms with E-state index in [0.29, 0.717) is 28.4 Å². The third-order valence-corrected chi connectivity index (χ3v) is 5.71. The Balaban J connectivity index is 1.91. The van der Waals surface area contributed by atoms with Crippen LogP contribution in [0.15, 0.2) is 48.7 Å². The van der Waals surface area contributed by atoms with Gasteiger partial charge in [0.2, 0.25) is 16.0 Å². The minimum Gasteiger partial charge on any atom is -0.495 e. The summed E-state index contributed by atoms with van der Waals surface area (Å²) in [5.41, 5.74) is 1.77. The molecule has 0 spiro atoms. The molecular formula is C20H19ClN6O3S. The van der Waals surface area contributed by atoms with Gasteiger partial charge in [0.1, 0.15) is 10.8 Å². The van der Waals surface area contributed by atoms with E-state index in [9.17, 15) is 8.42 Å². The highest BCUT2D eigenvalue weighted by Gasteiger charge is 2.14. The van der Waals surface area contributed by atoms with Gasteiger partial charge in [-0.25, -0.2) is 13.4 Å². The summed E-state index contributed by atoms with van der Waals surface area (Å²) in [6.45, 7) is 1.55. The standard InChI is InChI=1S/C20H19ClN6O3S/c1-3-31(28,29)27-16-7-5-4-6-15(16)24-19-14(21)12-23-20(26-19)25-17-10-13(11-22)8-9-18(17)30-2/h4-10,12,27H,3H2,1-2H3,(H2,23,24,25,26). The number of para-hydroxylation sites is 2. The van der Waals surface area contributed by atoms with Gasteiger partial charge in [-0.1, -0.05) is 23.7 Å². The van der Waals surface area contributed by atoms with Crippen LogP contribution in [0.1, 0.15) is 12.5 Å². The molecule has 0 aliphatic carbocycles. The number of ether oxygens (including phenoxy) is 1. The van der Waals surface area contributed by atoms with Crippen molar-refractivity contribution in [1.82, 2.24) is 9.97 Å². The van der Waals surface area contributed by atoms with Crippen molar-refractivity contribution in [3.8, 4) is 11.8 Å². The molecule has 3 aromatic rings. The number of aromatic nitrogens is 2. The summed E-state index contributed by atoms with van der Waals surface area (Å²) in [5.74, 6) is 0.906. The Bertz CT molecular complexity index is 1240. The fraction of sp³-hybridized carbons (Fsp3) is 0.150. The maximum atomic E-state index is 12.0. The first-order valence-electron chi connectivity index (χ1n) is 9.09. The summed E-state index contributed by atoms with van der Waals surface area (Å²) in [4.78, 5) is 8.53. The Morgan fingerprint density at radius 3 is 2.55 bits per heavy atom. The van der Waals surface area contributed by atoms with Crippen LogP contribution in [0.25, 0.3) is 0 Å². The maximum absolute atomic E-state index is 12.0. The molecule has 0 radical (unpaired) electrons. The lowest BCUT2D eigenvalue weighted by molar-refractivity contribution is 0.416. The van der Waals surface area contributed by atoms with Crippen molar-refractivity contribution >= 4 is 50.5 Å².